The summed E-state index contributed by atoms with van der Waals surface area (Å²) in [6.45, 7) is 0. The van der Waals surface area contributed by atoms with Crippen LogP contribution in [0, 0.1) is 0 Å². The van der Waals surface area contributed by atoms with Gasteiger partial charge in [-0.3, -0.25) is 0 Å². The van der Waals surface area contributed by atoms with Gasteiger partial charge in [0.1, 0.15) is 23.0 Å². The molecule has 1 aliphatic carbocycles. The summed E-state index contributed by atoms with van der Waals surface area (Å²) in [5.74, 6) is 1.12. The highest BCUT2D eigenvalue weighted by Gasteiger charge is 2.56. The molecule has 4 aromatic carbocycles. The van der Waals surface area contributed by atoms with Gasteiger partial charge in [-0.25, -0.2) is 4.79 Å². The normalized spacial score (nSPS) is 17.7. The number of allylic oxidation sites excluding steroid dienone is 3. The van der Waals surface area contributed by atoms with Crippen molar-refractivity contribution in [3.05, 3.63) is 127 Å². The van der Waals surface area contributed by atoms with Crippen molar-refractivity contribution in [1.29, 1.82) is 0 Å². The second-order valence-corrected chi connectivity index (χ2v) is 12.6. The summed E-state index contributed by atoms with van der Waals surface area (Å²) in [7, 11) is 5.40. The molecule has 0 aromatic heterocycles. The zero-order valence-corrected chi connectivity index (χ0v) is 27.9. The van der Waals surface area contributed by atoms with E-state index in [0.29, 0.717) is 46.3 Å². The average molecular weight is 696 g/mol. The number of para-hydroxylation sites is 2. The Morgan fingerprint density at radius 1 is 0.848 bits per heavy atom. The van der Waals surface area contributed by atoms with Crippen LogP contribution in [0.5, 0.6) is 17.2 Å². The van der Waals surface area contributed by atoms with E-state index < -0.39 is 11.6 Å². The lowest BCUT2D eigenvalue weighted by molar-refractivity contribution is 0.0225. The average Bonchev–Trinajstić information content (AvgIpc) is 3.38. The number of hydrogen-bond acceptors (Lipinski definition) is 7. The molecule has 0 bridgehead atoms. The molecule has 7 rings (SSSR count). The van der Waals surface area contributed by atoms with Gasteiger partial charge in [0.05, 0.1) is 44.1 Å². The number of ether oxygens (including phenoxy) is 3. The first-order valence-electron chi connectivity index (χ1n) is 14.3. The van der Waals surface area contributed by atoms with E-state index in [9.17, 15) is 9.90 Å². The Bertz CT molecular complexity index is 2030. The van der Waals surface area contributed by atoms with Crippen LogP contribution in [0.1, 0.15) is 39.9 Å². The van der Waals surface area contributed by atoms with Crippen LogP contribution in [-0.2, 0) is 10.3 Å². The maximum absolute atomic E-state index is 13.7. The van der Waals surface area contributed by atoms with Crippen molar-refractivity contribution in [2.45, 2.75) is 18.4 Å². The summed E-state index contributed by atoms with van der Waals surface area (Å²) >= 11 is 26.5. The van der Waals surface area contributed by atoms with Crippen LogP contribution in [0.15, 0.2) is 84.3 Å². The first-order valence-corrected chi connectivity index (χ1v) is 15.9. The zero-order chi connectivity index (χ0) is 32.5. The van der Waals surface area contributed by atoms with E-state index in [-0.39, 0.29) is 31.2 Å². The van der Waals surface area contributed by atoms with Gasteiger partial charge < -0.3 is 29.1 Å². The Morgan fingerprint density at radius 3 is 2.13 bits per heavy atom. The number of fused-ring (bicyclic) bond motifs is 6. The Kier molecular flexibility index (Phi) is 7.56. The molecule has 1 atom stereocenters. The summed E-state index contributed by atoms with van der Waals surface area (Å²) < 4.78 is 18.5. The number of esters is 1. The fourth-order valence-electron chi connectivity index (χ4n) is 6.36. The van der Waals surface area contributed by atoms with Gasteiger partial charge in [-0.1, -0.05) is 64.6 Å². The van der Waals surface area contributed by atoms with Gasteiger partial charge in [-0.15, -0.1) is 0 Å². The van der Waals surface area contributed by atoms with Crippen LogP contribution in [0.4, 0.5) is 17.1 Å². The number of carbonyl (C=O) groups excluding carboxylic acids is 1. The number of methoxy groups -OCH3 is 1. The molecule has 7 nitrogen and oxygen atoms in total. The van der Waals surface area contributed by atoms with Gasteiger partial charge in [0.2, 0.25) is 0 Å². The maximum Gasteiger partial charge on any atom is 0.341 e. The molecule has 4 aromatic rings. The molecule has 0 radical (unpaired) electrons. The molecule has 1 spiro atoms. The minimum absolute atomic E-state index is 0.00901. The third-order valence-electron chi connectivity index (χ3n) is 8.68. The number of hydrogen-bond donors (Lipinski definition) is 1. The topological polar surface area (TPSA) is 71.5 Å². The third kappa shape index (κ3) is 4.44. The Labute approximate surface area is 285 Å². The molecule has 46 heavy (non-hydrogen) atoms. The van der Waals surface area contributed by atoms with Crippen molar-refractivity contribution in [3.63, 3.8) is 0 Å². The van der Waals surface area contributed by atoms with E-state index in [1.54, 1.807) is 7.11 Å². The minimum Gasteiger partial charge on any atom is -0.510 e. The van der Waals surface area contributed by atoms with Crippen LogP contribution >= 0.6 is 46.4 Å². The number of carbonyl (C=O) groups is 1. The van der Waals surface area contributed by atoms with E-state index in [2.05, 4.69) is 0 Å². The molecule has 3 aliphatic rings. The molecule has 11 heteroatoms. The quantitative estimate of drug-likeness (QED) is 0.127. The number of nitrogens with zero attached hydrogens (tertiary/aromatic N) is 2. The zero-order valence-electron chi connectivity index (χ0n) is 24.8. The molecule has 2 heterocycles. The monoisotopic (exact) mass is 694 g/mol. The van der Waals surface area contributed by atoms with Gasteiger partial charge in [0, 0.05) is 60.7 Å². The van der Waals surface area contributed by atoms with Crippen LogP contribution in [0.2, 0.25) is 20.1 Å². The van der Waals surface area contributed by atoms with Crippen LogP contribution < -0.4 is 19.3 Å². The largest absolute Gasteiger partial charge is 0.510 e. The van der Waals surface area contributed by atoms with Crippen molar-refractivity contribution in [2.24, 2.45) is 0 Å². The highest BCUT2D eigenvalue weighted by molar-refractivity contribution is 6.53. The smallest absolute Gasteiger partial charge is 0.341 e. The molecule has 1 unspecified atom stereocenters. The van der Waals surface area contributed by atoms with Crippen LogP contribution in [-0.4, -0.2) is 32.3 Å². The van der Waals surface area contributed by atoms with Crippen molar-refractivity contribution in [3.8, 4) is 17.2 Å². The summed E-state index contributed by atoms with van der Waals surface area (Å²) in [6.07, 6.45) is 5.22. The molecule has 234 valence electrons. The second kappa shape index (κ2) is 11.4. The summed E-state index contributed by atoms with van der Waals surface area (Å²) in [5, 5.41) is 10.6. The predicted octanol–water partition coefficient (Wildman–Crippen LogP) is 10.2. The number of aliphatic hydroxyl groups is 1. The fourth-order valence-corrected chi connectivity index (χ4v) is 7.42. The SMILES string of the molecule is COc1ccccc1N(C)c1ccc2c(c1)Oc1cc(N(C)C3=C(O)CCC=C3)ccc1C21OC(=O)c2c(Cl)c(Cl)c(Cl)c(Cl)c21. The van der Waals surface area contributed by atoms with E-state index >= 15 is 0 Å². The fraction of sp³-hybridized carbons (Fsp3) is 0.171. The summed E-state index contributed by atoms with van der Waals surface area (Å²) in [4.78, 5) is 17.5. The standard InChI is InChI=1S/C35H26Cl4N2O5/c1-40(22-8-4-6-10-24(22)42)18-12-14-20-26(16-18)45-27-17-19(41(2)23-9-5-7-11-25(23)44-3)13-15-21(27)35(20)29-28(34(43)46-35)30(36)32(38)33(39)31(29)37/h4-5,7-9,11-17,42H,6,10H2,1-3H3. The number of halogens is 4. The second-order valence-electron chi connectivity index (χ2n) is 11.1. The highest BCUT2D eigenvalue weighted by atomic mass is 35.5. The predicted molar refractivity (Wildman–Crippen MR) is 182 cm³/mol. The molecule has 0 amide bonds. The highest BCUT2D eigenvalue weighted by Crippen LogP contribution is 2.61. The number of rotatable bonds is 5. The van der Waals surface area contributed by atoms with E-state index in [0.717, 1.165) is 23.5 Å². The Morgan fingerprint density at radius 2 is 1.48 bits per heavy atom. The van der Waals surface area contributed by atoms with E-state index in [1.165, 1.54) is 0 Å². The van der Waals surface area contributed by atoms with E-state index in [1.807, 2.05) is 96.7 Å². The molecule has 2 aliphatic heterocycles. The van der Waals surface area contributed by atoms with Gasteiger partial charge in [0.15, 0.2) is 5.60 Å². The summed E-state index contributed by atoms with van der Waals surface area (Å²) in [5.41, 5.74) is 2.83. The van der Waals surface area contributed by atoms with Gasteiger partial charge >= 0.3 is 5.97 Å². The minimum atomic E-state index is -1.56. The lowest BCUT2D eigenvalue weighted by atomic mass is 9.77. The number of aliphatic hydroxyl groups excluding tert-OH is 1. The molecule has 1 N–H and O–H groups in total. The number of likely N-dealkylation sites (N-methyl/N-ethyl adjacent to an activating group) is 1. The van der Waals surface area contributed by atoms with Crippen LogP contribution in [0.3, 0.4) is 0 Å². The first-order chi connectivity index (χ1) is 22.1. The van der Waals surface area contributed by atoms with Crippen molar-refractivity contribution in [2.75, 3.05) is 31.0 Å². The van der Waals surface area contributed by atoms with Crippen molar-refractivity contribution < 1.29 is 24.1 Å². The molecule has 0 fully saturated rings. The maximum atomic E-state index is 13.7. The van der Waals surface area contributed by atoms with Crippen molar-refractivity contribution >= 4 is 69.4 Å². The van der Waals surface area contributed by atoms with Gasteiger partial charge in [0.25, 0.3) is 0 Å². The molecule has 0 saturated heterocycles. The molecule has 0 saturated carbocycles. The summed E-state index contributed by atoms with van der Waals surface area (Å²) in [6, 6.07) is 18.8. The van der Waals surface area contributed by atoms with Gasteiger partial charge in [-0.2, -0.15) is 0 Å². The lowest BCUT2D eigenvalue weighted by Gasteiger charge is -2.38. The number of benzene rings is 4. The third-order valence-corrected chi connectivity index (χ3v) is 10.5. The van der Waals surface area contributed by atoms with Crippen LogP contribution in [0.25, 0.3) is 0 Å². The molecular weight excluding hydrogens is 670 g/mol. The van der Waals surface area contributed by atoms with E-state index in [4.69, 9.17) is 60.6 Å². The number of anilines is 3. The lowest BCUT2D eigenvalue weighted by Crippen LogP contribution is -2.33. The molecular formula is C35H26Cl4N2O5. The van der Waals surface area contributed by atoms with Crippen molar-refractivity contribution in [1.82, 2.24) is 0 Å². The Hall–Kier alpha value is -4.01. The van der Waals surface area contributed by atoms with Gasteiger partial charge in [-0.05, 0) is 48.9 Å². The first kappa shape index (κ1) is 30.6. The Balaban J connectivity index is 1.46.